The highest BCUT2D eigenvalue weighted by molar-refractivity contribution is 5.76. The summed E-state index contributed by atoms with van der Waals surface area (Å²) in [6.45, 7) is 2.13. The van der Waals surface area contributed by atoms with Crippen LogP contribution in [-0.4, -0.2) is 12.5 Å². The minimum Gasteiger partial charge on any atom is -0.350 e. The second-order valence-corrected chi connectivity index (χ2v) is 3.38. The average Bonchev–Trinajstić information content (AvgIpc) is 2.18. The van der Waals surface area contributed by atoms with Gasteiger partial charge in [0.25, 0.3) is 0 Å². The van der Waals surface area contributed by atoms with Crippen LogP contribution >= 0.6 is 0 Å². The lowest BCUT2D eigenvalue weighted by Crippen LogP contribution is -2.28. The number of amides is 1. The molecular weight excluding hydrogens is 195 g/mol. The van der Waals surface area contributed by atoms with Gasteiger partial charge in [-0.15, -0.1) is 0 Å². The molecule has 3 N–H and O–H groups in total. The fourth-order valence-electron chi connectivity index (χ4n) is 1.30. The Morgan fingerprint density at radius 1 is 1.60 bits per heavy atom. The monoisotopic (exact) mass is 210 g/mol. The summed E-state index contributed by atoms with van der Waals surface area (Å²) in [5, 5.41) is 2.74. The number of carbonyl (C=O) groups excluding carboxylic acids is 1. The van der Waals surface area contributed by atoms with Gasteiger partial charge in [0.2, 0.25) is 5.91 Å². The predicted octanol–water partition coefficient (Wildman–Crippen LogP) is 1.35. The van der Waals surface area contributed by atoms with Crippen molar-refractivity contribution in [3.8, 4) is 0 Å². The van der Waals surface area contributed by atoms with Crippen molar-refractivity contribution >= 4 is 5.91 Å². The number of nitrogens with one attached hydrogen (secondary N) is 1. The minimum absolute atomic E-state index is 0.116. The summed E-state index contributed by atoms with van der Waals surface area (Å²) in [7, 11) is 0. The van der Waals surface area contributed by atoms with E-state index >= 15 is 0 Å². The van der Waals surface area contributed by atoms with Gasteiger partial charge in [-0.2, -0.15) is 0 Å². The number of rotatable bonds is 4. The first kappa shape index (κ1) is 11.7. The first-order valence-corrected chi connectivity index (χ1v) is 4.88. The molecule has 4 heteroatoms. The van der Waals surface area contributed by atoms with Gasteiger partial charge in [0.15, 0.2) is 0 Å². The Morgan fingerprint density at radius 2 is 2.33 bits per heavy atom. The smallest absolute Gasteiger partial charge is 0.221 e. The molecule has 0 aliphatic carbocycles. The minimum atomic E-state index is -0.299. The largest absolute Gasteiger partial charge is 0.350 e. The molecule has 82 valence electrons. The van der Waals surface area contributed by atoms with Crippen LogP contribution in [-0.2, 0) is 4.79 Å². The molecule has 1 amide bonds. The van der Waals surface area contributed by atoms with Crippen LogP contribution in [0.15, 0.2) is 24.3 Å². The molecule has 0 saturated heterocycles. The zero-order valence-corrected chi connectivity index (χ0v) is 8.66. The van der Waals surface area contributed by atoms with Crippen LogP contribution in [0.1, 0.15) is 24.9 Å². The van der Waals surface area contributed by atoms with Gasteiger partial charge >= 0.3 is 0 Å². The molecule has 0 bridgehead atoms. The summed E-state index contributed by atoms with van der Waals surface area (Å²) in [5.41, 5.74) is 6.00. The van der Waals surface area contributed by atoms with E-state index in [0.717, 1.165) is 5.56 Å². The van der Waals surface area contributed by atoms with Crippen molar-refractivity contribution < 1.29 is 9.18 Å². The van der Waals surface area contributed by atoms with Crippen molar-refractivity contribution in [3.63, 3.8) is 0 Å². The van der Waals surface area contributed by atoms with E-state index < -0.39 is 0 Å². The summed E-state index contributed by atoms with van der Waals surface area (Å²) in [6.07, 6.45) is 0.291. The number of halogens is 1. The molecule has 1 aromatic carbocycles. The summed E-state index contributed by atoms with van der Waals surface area (Å²) >= 11 is 0. The third kappa shape index (κ3) is 3.67. The maximum absolute atomic E-state index is 12.9. The van der Waals surface area contributed by atoms with E-state index in [9.17, 15) is 9.18 Å². The van der Waals surface area contributed by atoms with Gasteiger partial charge in [0.05, 0.1) is 6.04 Å². The summed E-state index contributed by atoms with van der Waals surface area (Å²) in [6, 6.07) is 5.98. The van der Waals surface area contributed by atoms with Crippen molar-refractivity contribution in [2.75, 3.05) is 6.54 Å². The van der Waals surface area contributed by atoms with Crippen LogP contribution in [0.4, 0.5) is 4.39 Å². The van der Waals surface area contributed by atoms with Gasteiger partial charge in [-0.3, -0.25) is 4.79 Å². The molecule has 0 aliphatic heterocycles. The second kappa shape index (κ2) is 5.46. The fourth-order valence-corrected chi connectivity index (χ4v) is 1.30. The van der Waals surface area contributed by atoms with Gasteiger partial charge < -0.3 is 11.1 Å². The Labute approximate surface area is 88.5 Å². The highest BCUT2D eigenvalue weighted by Gasteiger charge is 2.08. The summed E-state index contributed by atoms with van der Waals surface area (Å²) < 4.78 is 12.9. The molecule has 1 rings (SSSR count). The fraction of sp³-hybridized carbons (Fsp3) is 0.364. The quantitative estimate of drug-likeness (QED) is 0.788. The van der Waals surface area contributed by atoms with Crippen LogP contribution in [0.5, 0.6) is 0 Å². The summed E-state index contributed by atoms with van der Waals surface area (Å²) in [4.78, 5) is 11.2. The zero-order chi connectivity index (χ0) is 11.3. The van der Waals surface area contributed by atoms with E-state index in [1.54, 1.807) is 12.1 Å². The van der Waals surface area contributed by atoms with E-state index in [0.29, 0.717) is 13.0 Å². The normalized spacial score (nSPS) is 12.2. The predicted molar refractivity (Wildman–Crippen MR) is 56.6 cm³/mol. The van der Waals surface area contributed by atoms with Gasteiger partial charge in [-0.1, -0.05) is 12.1 Å². The number of benzene rings is 1. The Balaban J connectivity index is 2.60. The van der Waals surface area contributed by atoms with E-state index in [-0.39, 0.29) is 17.8 Å². The Hall–Kier alpha value is -1.42. The lowest BCUT2D eigenvalue weighted by atomic mass is 10.1. The number of hydrogen-bond donors (Lipinski definition) is 2. The van der Waals surface area contributed by atoms with Crippen LogP contribution < -0.4 is 11.1 Å². The van der Waals surface area contributed by atoms with Crippen LogP contribution in [0, 0.1) is 5.82 Å². The number of nitrogens with two attached hydrogens (primary N) is 1. The molecule has 1 aromatic rings. The zero-order valence-electron chi connectivity index (χ0n) is 8.66. The topological polar surface area (TPSA) is 55.1 Å². The first-order valence-electron chi connectivity index (χ1n) is 4.88. The summed E-state index contributed by atoms with van der Waals surface area (Å²) in [5.74, 6) is -0.415. The molecular formula is C11H15FN2O. The van der Waals surface area contributed by atoms with Crippen molar-refractivity contribution in [3.05, 3.63) is 35.6 Å². The van der Waals surface area contributed by atoms with Crippen molar-refractivity contribution in [2.24, 2.45) is 5.73 Å². The molecule has 0 spiro atoms. The highest BCUT2D eigenvalue weighted by atomic mass is 19.1. The molecule has 3 nitrogen and oxygen atoms in total. The Kier molecular flexibility index (Phi) is 4.24. The molecule has 0 aromatic heterocycles. The molecule has 1 atom stereocenters. The molecule has 0 fully saturated rings. The van der Waals surface area contributed by atoms with Gasteiger partial charge in [-0.05, 0) is 24.6 Å². The first-order chi connectivity index (χ1) is 7.13. The standard InChI is InChI=1S/C11H15FN2O/c1-8(14-11(15)5-6-13)9-3-2-4-10(12)7-9/h2-4,7-8H,5-6,13H2,1H3,(H,14,15)/t8-/m1/s1. The Morgan fingerprint density at radius 3 is 2.93 bits per heavy atom. The third-order valence-electron chi connectivity index (χ3n) is 2.10. The van der Waals surface area contributed by atoms with Crippen LogP contribution in [0.3, 0.4) is 0 Å². The van der Waals surface area contributed by atoms with Gasteiger partial charge in [0.1, 0.15) is 5.82 Å². The molecule has 0 radical (unpaired) electrons. The lowest BCUT2D eigenvalue weighted by Gasteiger charge is -2.13. The van der Waals surface area contributed by atoms with Crippen LogP contribution in [0.25, 0.3) is 0 Å². The van der Waals surface area contributed by atoms with Crippen molar-refractivity contribution in [1.82, 2.24) is 5.32 Å². The number of hydrogen-bond acceptors (Lipinski definition) is 2. The Bertz CT molecular complexity index is 341. The maximum Gasteiger partial charge on any atom is 0.221 e. The van der Waals surface area contributed by atoms with E-state index in [4.69, 9.17) is 5.73 Å². The van der Waals surface area contributed by atoms with E-state index in [2.05, 4.69) is 5.32 Å². The van der Waals surface area contributed by atoms with Crippen molar-refractivity contribution in [1.29, 1.82) is 0 Å². The second-order valence-electron chi connectivity index (χ2n) is 3.38. The highest BCUT2D eigenvalue weighted by Crippen LogP contribution is 2.13. The van der Waals surface area contributed by atoms with Crippen molar-refractivity contribution in [2.45, 2.75) is 19.4 Å². The average molecular weight is 210 g/mol. The molecule has 0 saturated carbocycles. The third-order valence-corrected chi connectivity index (χ3v) is 2.10. The van der Waals surface area contributed by atoms with E-state index in [1.165, 1.54) is 12.1 Å². The molecule has 15 heavy (non-hydrogen) atoms. The number of carbonyl (C=O) groups is 1. The SMILES string of the molecule is C[C@@H](NC(=O)CCN)c1cccc(F)c1. The van der Waals surface area contributed by atoms with Crippen LogP contribution in [0.2, 0.25) is 0 Å². The molecule has 0 heterocycles. The van der Waals surface area contributed by atoms with Gasteiger partial charge in [0, 0.05) is 13.0 Å². The van der Waals surface area contributed by atoms with E-state index in [1.807, 2.05) is 6.92 Å². The lowest BCUT2D eigenvalue weighted by molar-refractivity contribution is -0.121. The molecule has 0 unspecified atom stereocenters. The van der Waals surface area contributed by atoms with Gasteiger partial charge in [-0.25, -0.2) is 4.39 Å². The maximum atomic E-state index is 12.9. The molecule has 0 aliphatic rings.